The molecule has 0 atom stereocenters. The van der Waals surface area contributed by atoms with Crippen LogP contribution in [0.15, 0.2) is 0 Å². The highest BCUT2D eigenvalue weighted by Gasteiger charge is 2.10. The summed E-state index contributed by atoms with van der Waals surface area (Å²) in [5.74, 6) is 0. The predicted octanol–water partition coefficient (Wildman–Crippen LogP) is 2.12. The smallest absolute Gasteiger partial charge is 0.0701 e. The summed E-state index contributed by atoms with van der Waals surface area (Å²) < 4.78 is 10.8. The molecule has 0 fully saturated rings. The third-order valence-electron chi connectivity index (χ3n) is 1.73. The fourth-order valence-electron chi connectivity index (χ4n) is 1.04. The van der Waals surface area contributed by atoms with Crippen LogP contribution < -0.4 is 5.32 Å². The predicted molar refractivity (Wildman–Crippen MR) is 72.5 cm³/mol. The summed E-state index contributed by atoms with van der Waals surface area (Å²) in [7, 11) is 0. The Hall–Kier alpha value is 0.230. The molecular formula is C12H27NO2S. The lowest BCUT2D eigenvalue weighted by molar-refractivity contribution is 0.0420. The lowest BCUT2D eigenvalue weighted by atomic mass is 10.1. The largest absolute Gasteiger partial charge is 0.378 e. The van der Waals surface area contributed by atoms with Crippen molar-refractivity contribution in [2.45, 2.75) is 44.9 Å². The van der Waals surface area contributed by atoms with E-state index in [0.717, 1.165) is 13.2 Å². The maximum atomic E-state index is 5.43. The van der Waals surface area contributed by atoms with Crippen LogP contribution in [0, 0.1) is 0 Å². The van der Waals surface area contributed by atoms with E-state index in [-0.39, 0.29) is 10.3 Å². The molecule has 0 saturated carbocycles. The molecule has 0 heterocycles. The van der Waals surface area contributed by atoms with Crippen LogP contribution >= 0.6 is 12.6 Å². The van der Waals surface area contributed by atoms with Crippen LogP contribution in [0.5, 0.6) is 0 Å². The SMILES string of the molecule is CC(C)(S)COCCOCCNC(C)(C)C. The third-order valence-corrected chi connectivity index (χ3v) is 1.86. The molecule has 3 nitrogen and oxygen atoms in total. The van der Waals surface area contributed by atoms with E-state index in [1.54, 1.807) is 0 Å². The van der Waals surface area contributed by atoms with E-state index >= 15 is 0 Å². The normalized spacial score (nSPS) is 13.1. The van der Waals surface area contributed by atoms with Crippen molar-refractivity contribution >= 4 is 12.6 Å². The Labute approximate surface area is 106 Å². The average Bonchev–Trinajstić information content (AvgIpc) is 2.06. The summed E-state index contributed by atoms with van der Waals surface area (Å²) in [4.78, 5) is 0. The van der Waals surface area contributed by atoms with Gasteiger partial charge in [-0.05, 0) is 34.6 Å². The highest BCUT2D eigenvalue weighted by Crippen LogP contribution is 2.11. The van der Waals surface area contributed by atoms with Gasteiger partial charge in [0.25, 0.3) is 0 Å². The minimum atomic E-state index is -0.0617. The first-order valence-corrected chi connectivity index (χ1v) is 6.28. The molecular weight excluding hydrogens is 222 g/mol. The van der Waals surface area contributed by atoms with Crippen LogP contribution in [-0.4, -0.2) is 43.3 Å². The van der Waals surface area contributed by atoms with Gasteiger partial charge in [0, 0.05) is 16.8 Å². The summed E-state index contributed by atoms with van der Waals surface area (Å²) in [5.41, 5.74) is 0.163. The molecule has 0 aliphatic carbocycles. The molecule has 4 heteroatoms. The Bertz CT molecular complexity index is 153. The molecule has 0 aliphatic rings. The standard InChI is InChI=1S/C12H27NO2S/c1-11(2,3)13-6-7-14-8-9-15-10-12(4,5)16/h13,16H,6-10H2,1-5H3. The van der Waals surface area contributed by atoms with Crippen LogP contribution in [-0.2, 0) is 9.47 Å². The summed E-state index contributed by atoms with van der Waals surface area (Å²) >= 11 is 4.37. The van der Waals surface area contributed by atoms with Crippen LogP contribution in [0.1, 0.15) is 34.6 Å². The molecule has 0 radical (unpaired) electrons. The van der Waals surface area contributed by atoms with Crippen molar-refractivity contribution in [3.8, 4) is 0 Å². The first kappa shape index (κ1) is 16.2. The molecule has 98 valence electrons. The van der Waals surface area contributed by atoms with Crippen molar-refractivity contribution in [1.82, 2.24) is 5.32 Å². The van der Waals surface area contributed by atoms with Gasteiger partial charge in [0.2, 0.25) is 0 Å². The number of hydrogen-bond acceptors (Lipinski definition) is 4. The number of hydrogen-bond donors (Lipinski definition) is 2. The van der Waals surface area contributed by atoms with Gasteiger partial charge in [-0.25, -0.2) is 0 Å². The van der Waals surface area contributed by atoms with Crippen molar-refractivity contribution in [3.63, 3.8) is 0 Å². The lowest BCUT2D eigenvalue weighted by Gasteiger charge is -2.20. The number of nitrogens with one attached hydrogen (secondary N) is 1. The molecule has 0 amide bonds. The summed E-state index contributed by atoms with van der Waals surface area (Å²) in [6.45, 7) is 14.0. The molecule has 0 aromatic carbocycles. The molecule has 0 aliphatic heterocycles. The third kappa shape index (κ3) is 14.2. The minimum absolute atomic E-state index is 0.0617. The van der Waals surface area contributed by atoms with Gasteiger partial charge in [-0.15, -0.1) is 0 Å². The van der Waals surface area contributed by atoms with Crippen LogP contribution in [0.4, 0.5) is 0 Å². The molecule has 0 aromatic heterocycles. The van der Waals surface area contributed by atoms with E-state index in [0.29, 0.717) is 19.8 Å². The topological polar surface area (TPSA) is 30.5 Å². The van der Waals surface area contributed by atoms with E-state index in [4.69, 9.17) is 9.47 Å². The Balaban J connectivity index is 3.17. The van der Waals surface area contributed by atoms with E-state index < -0.39 is 0 Å². The zero-order chi connectivity index (χ0) is 12.7. The van der Waals surface area contributed by atoms with E-state index in [9.17, 15) is 0 Å². The highest BCUT2D eigenvalue weighted by molar-refractivity contribution is 7.81. The molecule has 1 N–H and O–H groups in total. The number of thiol groups is 1. The summed E-state index contributed by atoms with van der Waals surface area (Å²) in [5, 5.41) is 3.36. The van der Waals surface area contributed by atoms with Gasteiger partial charge in [-0.2, -0.15) is 12.6 Å². The van der Waals surface area contributed by atoms with E-state index in [2.05, 4.69) is 38.7 Å². The van der Waals surface area contributed by atoms with Gasteiger partial charge < -0.3 is 14.8 Å². The van der Waals surface area contributed by atoms with Gasteiger partial charge in [0.15, 0.2) is 0 Å². The molecule has 0 bridgehead atoms. The van der Waals surface area contributed by atoms with Crippen molar-refractivity contribution in [2.75, 3.05) is 33.0 Å². The van der Waals surface area contributed by atoms with Gasteiger partial charge in [-0.3, -0.25) is 0 Å². The molecule has 0 rings (SSSR count). The fraction of sp³-hybridized carbons (Fsp3) is 1.00. The lowest BCUT2D eigenvalue weighted by Crippen LogP contribution is -2.38. The van der Waals surface area contributed by atoms with Gasteiger partial charge in [0.1, 0.15) is 0 Å². The van der Waals surface area contributed by atoms with Crippen molar-refractivity contribution < 1.29 is 9.47 Å². The quantitative estimate of drug-likeness (QED) is 0.510. The summed E-state index contributed by atoms with van der Waals surface area (Å²) in [6.07, 6.45) is 0. The molecule has 16 heavy (non-hydrogen) atoms. The van der Waals surface area contributed by atoms with E-state index in [1.807, 2.05) is 13.8 Å². The van der Waals surface area contributed by atoms with Crippen LogP contribution in [0.25, 0.3) is 0 Å². The number of rotatable bonds is 8. The monoisotopic (exact) mass is 249 g/mol. The molecule has 0 spiro atoms. The fourth-order valence-corrected chi connectivity index (χ4v) is 1.13. The second kappa shape index (κ2) is 7.54. The first-order valence-electron chi connectivity index (χ1n) is 5.84. The molecule has 0 saturated heterocycles. The average molecular weight is 249 g/mol. The molecule has 0 aromatic rings. The van der Waals surface area contributed by atoms with Crippen molar-refractivity contribution in [2.24, 2.45) is 0 Å². The second-order valence-electron chi connectivity index (χ2n) is 5.65. The Morgan fingerprint density at radius 2 is 1.50 bits per heavy atom. The highest BCUT2D eigenvalue weighted by atomic mass is 32.1. The second-order valence-corrected chi connectivity index (χ2v) is 6.86. The van der Waals surface area contributed by atoms with Crippen molar-refractivity contribution in [3.05, 3.63) is 0 Å². The Kier molecular flexibility index (Phi) is 7.64. The maximum absolute atomic E-state index is 5.43. The van der Waals surface area contributed by atoms with Gasteiger partial charge in [-0.1, -0.05) is 0 Å². The van der Waals surface area contributed by atoms with Crippen LogP contribution in [0.2, 0.25) is 0 Å². The Morgan fingerprint density at radius 3 is 2.00 bits per heavy atom. The molecule has 0 unspecified atom stereocenters. The van der Waals surface area contributed by atoms with Crippen molar-refractivity contribution in [1.29, 1.82) is 0 Å². The van der Waals surface area contributed by atoms with E-state index in [1.165, 1.54) is 0 Å². The zero-order valence-corrected chi connectivity index (χ0v) is 12.2. The van der Waals surface area contributed by atoms with Gasteiger partial charge >= 0.3 is 0 Å². The zero-order valence-electron chi connectivity index (χ0n) is 11.3. The maximum Gasteiger partial charge on any atom is 0.0701 e. The first-order chi connectivity index (χ1) is 7.21. The Morgan fingerprint density at radius 1 is 0.938 bits per heavy atom. The summed E-state index contributed by atoms with van der Waals surface area (Å²) in [6, 6.07) is 0. The van der Waals surface area contributed by atoms with Gasteiger partial charge in [0.05, 0.1) is 26.4 Å². The number of ether oxygens (including phenoxy) is 2. The van der Waals surface area contributed by atoms with Crippen LogP contribution in [0.3, 0.4) is 0 Å². The minimum Gasteiger partial charge on any atom is -0.378 e.